The molecule has 0 aromatic carbocycles. The average Bonchev–Trinajstić information content (AvgIpc) is 2.93. The molecule has 1 aromatic heterocycles. The highest BCUT2D eigenvalue weighted by Crippen LogP contribution is 2.57. The van der Waals surface area contributed by atoms with Crippen LogP contribution < -0.4 is 5.32 Å². The molecule has 0 saturated heterocycles. The van der Waals surface area contributed by atoms with Crippen LogP contribution in [0.4, 0.5) is 0 Å². The van der Waals surface area contributed by atoms with Crippen molar-refractivity contribution in [2.24, 2.45) is 17.3 Å². The minimum absolute atomic E-state index is 0.582. The van der Waals surface area contributed by atoms with Crippen LogP contribution in [0.15, 0.2) is 16.8 Å². The van der Waals surface area contributed by atoms with Crippen molar-refractivity contribution >= 4 is 11.3 Å². The van der Waals surface area contributed by atoms with Gasteiger partial charge in [0.25, 0.3) is 0 Å². The molecule has 2 fully saturated rings. The Morgan fingerprint density at radius 2 is 2.44 bits per heavy atom. The maximum atomic E-state index is 3.45. The first-order chi connectivity index (χ1) is 7.82. The van der Waals surface area contributed by atoms with Gasteiger partial charge >= 0.3 is 0 Å². The van der Waals surface area contributed by atoms with Crippen LogP contribution in [0.5, 0.6) is 0 Å². The van der Waals surface area contributed by atoms with Gasteiger partial charge in [-0.05, 0) is 72.4 Å². The van der Waals surface area contributed by atoms with E-state index < -0.39 is 0 Å². The standard InChI is InChI=1S/C14H21NS/c1-15-10-14(8-12-4-5-16-9-12)7-11-2-3-13(14)6-11/h4-5,9,11,13,15H,2-3,6-8,10H2,1H3. The Morgan fingerprint density at radius 3 is 3.00 bits per heavy atom. The zero-order chi connectivity index (χ0) is 11.0. The molecular weight excluding hydrogens is 214 g/mol. The number of fused-ring (bicyclic) bond motifs is 2. The molecule has 3 rings (SSSR count). The Hall–Kier alpha value is -0.340. The summed E-state index contributed by atoms with van der Waals surface area (Å²) in [5, 5.41) is 8.01. The van der Waals surface area contributed by atoms with E-state index in [9.17, 15) is 0 Å². The molecule has 0 spiro atoms. The van der Waals surface area contributed by atoms with E-state index in [1.165, 1.54) is 38.6 Å². The fourth-order valence-corrected chi connectivity index (χ4v) is 4.87. The first kappa shape index (κ1) is 10.8. The van der Waals surface area contributed by atoms with Crippen LogP contribution in [0.1, 0.15) is 31.2 Å². The molecule has 2 aliphatic carbocycles. The van der Waals surface area contributed by atoms with Crippen LogP contribution in [0.2, 0.25) is 0 Å². The van der Waals surface area contributed by atoms with Crippen molar-refractivity contribution in [2.45, 2.75) is 32.1 Å². The van der Waals surface area contributed by atoms with E-state index in [2.05, 4.69) is 29.2 Å². The third-order valence-electron chi connectivity index (χ3n) is 4.77. The van der Waals surface area contributed by atoms with Gasteiger partial charge in [0.05, 0.1) is 0 Å². The van der Waals surface area contributed by atoms with Crippen LogP contribution in [0.3, 0.4) is 0 Å². The van der Waals surface area contributed by atoms with E-state index in [1.54, 1.807) is 5.56 Å². The number of hydrogen-bond acceptors (Lipinski definition) is 2. The summed E-state index contributed by atoms with van der Waals surface area (Å²) in [4.78, 5) is 0. The third kappa shape index (κ3) is 1.72. The van der Waals surface area contributed by atoms with Gasteiger partial charge in [0.15, 0.2) is 0 Å². The second kappa shape index (κ2) is 4.15. The molecule has 3 atom stereocenters. The van der Waals surface area contributed by atoms with Gasteiger partial charge in [0.2, 0.25) is 0 Å². The summed E-state index contributed by atoms with van der Waals surface area (Å²) in [7, 11) is 2.11. The van der Waals surface area contributed by atoms with Crippen LogP contribution in [-0.2, 0) is 6.42 Å². The largest absolute Gasteiger partial charge is 0.319 e. The van der Waals surface area contributed by atoms with Crippen molar-refractivity contribution < 1.29 is 0 Å². The molecule has 1 heterocycles. The maximum Gasteiger partial charge on any atom is 0.00108 e. The number of thiophene rings is 1. The zero-order valence-corrected chi connectivity index (χ0v) is 10.9. The van der Waals surface area contributed by atoms with Crippen LogP contribution in [0.25, 0.3) is 0 Å². The Morgan fingerprint density at radius 1 is 1.50 bits per heavy atom. The second-order valence-corrected chi connectivity index (χ2v) is 6.56. The molecule has 2 aliphatic rings. The van der Waals surface area contributed by atoms with Gasteiger partial charge in [0, 0.05) is 6.54 Å². The first-order valence-corrected chi connectivity index (χ1v) is 7.42. The van der Waals surface area contributed by atoms with E-state index in [0.717, 1.165) is 11.8 Å². The molecule has 16 heavy (non-hydrogen) atoms. The molecule has 1 N–H and O–H groups in total. The fourth-order valence-electron chi connectivity index (χ4n) is 4.21. The summed E-state index contributed by atoms with van der Waals surface area (Å²) in [6.07, 6.45) is 7.26. The van der Waals surface area contributed by atoms with E-state index in [4.69, 9.17) is 0 Å². The fraction of sp³-hybridized carbons (Fsp3) is 0.714. The highest BCUT2D eigenvalue weighted by atomic mass is 32.1. The lowest BCUT2D eigenvalue weighted by Crippen LogP contribution is -2.39. The molecule has 2 saturated carbocycles. The van der Waals surface area contributed by atoms with Gasteiger partial charge in [-0.25, -0.2) is 0 Å². The molecule has 1 aromatic rings. The maximum absolute atomic E-state index is 3.45. The van der Waals surface area contributed by atoms with Gasteiger partial charge in [-0.2, -0.15) is 11.3 Å². The van der Waals surface area contributed by atoms with E-state index >= 15 is 0 Å². The Bertz CT molecular complexity index is 346. The lowest BCUT2D eigenvalue weighted by atomic mass is 9.69. The van der Waals surface area contributed by atoms with Crippen molar-refractivity contribution in [3.05, 3.63) is 22.4 Å². The Kier molecular flexibility index (Phi) is 2.80. The normalized spacial score (nSPS) is 37.1. The minimum atomic E-state index is 0.582. The van der Waals surface area contributed by atoms with Crippen molar-refractivity contribution in [3.63, 3.8) is 0 Å². The smallest absolute Gasteiger partial charge is 0.00108 e. The SMILES string of the molecule is CNCC1(Cc2ccsc2)CC2CCC1C2. The summed E-state index contributed by atoms with van der Waals surface area (Å²) < 4.78 is 0. The van der Waals surface area contributed by atoms with E-state index in [1.807, 2.05) is 11.3 Å². The lowest BCUT2D eigenvalue weighted by molar-refractivity contribution is 0.160. The summed E-state index contributed by atoms with van der Waals surface area (Å²) in [6, 6.07) is 2.31. The third-order valence-corrected chi connectivity index (χ3v) is 5.50. The predicted molar refractivity (Wildman–Crippen MR) is 69.8 cm³/mol. The predicted octanol–water partition coefficient (Wildman–Crippen LogP) is 3.32. The van der Waals surface area contributed by atoms with Crippen molar-refractivity contribution in [2.75, 3.05) is 13.6 Å². The summed E-state index contributed by atoms with van der Waals surface area (Å²) in [5.41, 5.74) is 2.14. The van der Waals surface area contributed by atoms with Crippen molar-refractivity contribution in [1.82, 2.24) is 5.32 Å². The quantitative estimate of drug-likeness (QED) is 0.844. The molecule has 3 unspecified atom stereocenters. The summed E-state index contributed by atoms with van der Waals surface area (Å²) in [5.74, 6) is 2.03. The molecule has 2 bridgehead atoms. The van der Waals surface area contributed by atoms with Crippen molar-refractivity contribution in [3.8, 4) is 0 Å². The van der Waals surface area contributed by atoms with Crippen molar-refractivity contribution in [1.29, 1.82) is 0 Å². The molecule has 1 nitrogen and oxygen atoms in total. The van der Waals surface area contributed by atoms with E-state index in [-0.39, 0.29) is 0 Å². The molecule has 2 heteroatoms. The number of rotatable bonds is 4. The van der Waals surface area contributed by atoms with Crippen LogP contribution >= 0.6 is 11.3 Å². The lowest BCUT2D eigenvalue weighted by Gasteiger charge is -2.38. The van der Waals surface area contributed by atoms with Gasteiger partial charge in [-0.3, -0.25) is 0 Å². The minimum Gasteiger partial charge on any atom is -0.319 e. The number of hydrogen-bond donors (Lipinski definition) is 1. The van der Waals surface area contributed by atoms with Crippen LogP contribution in [-0.4, -0.2) is 13.6 Å². The molecular formula is C14H21NS. The first-order valence-electron chi connectivity index (χ1n) is 6.48. The summed E-state index contributed by atoms with van der Waals surface area (Å²) in [6.45, 7) is 1.21. The van der Waals surface area contributed by atoms with E-state index in [0.29, 0.717) is 5.41 Å². The second-order valence-electron chi connectivity index (χ2n) is 5.78. The van der Waals surface area contributed by atoms with Gasteiger partial charge in [-0.15, -0.1) is 0 Å². The zero-order valence-electron chi connectivity index (χ0n) is 10.0. The molecule has 0 radical (unpaired) electrons. The number of nitrogens with one attached hydrogen (secondary N) is 1. The van der Waals surface area contributed by atoms with Gasteiger partial charge in [0.1, 0.15) is 0 Å². The topological polar surface area (TPSA) is 12.0 Å². The van der Waals surface area contributed by atoms with Gasteiger partial charge in [-0.1, -0.05) is 6.42 Å². The molecule has 0 amide bonds. The Labute approximate surface area is 102 Å². The Balaban J connectivity index is 1.81. The monoisotopic (exact) mass is 235 g/mol. The highest BCUT2D eigenvalue weighted by molar-refractivity contribution is 7.07. The summed E-state index contributed by atoms with van der Waals surface area (Å²) >= 11 is 1.84. The molecule has 88 valence electrons. The average molecular weight is 235 g/mol. The van der Waals surface area contributed by atoms with Crippen LogP contribution in [0, 0.1) is 17.3 Å². The van der Waals surface area contributed by atoms with Gasteiger partial charge < -0.3 is 5.32 Å². The highest BCUT2D eigenvalue weighted by Gasteiger charge is 2.50. The molecule has 0 aliphatic heterocycles.